The van der Waals surface area contributed by atoms with Gasteiger partial charge in [-0.15, -0.1) is 0 Å². The molecule has 5 aliphatic heterocycles. The van der Waals surface area contributed by atoms with Gasteiger partial charge in [0.15, 0.2) is 5.78 Å². The molecule has 8 bridgehead atoms. The van der Waals surface area contributed by atoms with E-state index in [4.69, 9.17) is 19.7 Å². The second-order valence-corrected chi connectivity index (χ2v) is 19.8. The summed E-state index contributed by atoms with van der Waals surface area (Å²) in [4.78, 5) is 42.7. The number of aliphatic imine (C=N–C) groups is 3. The number of aliphatic hydroxyl groups excluding tert-OH is 2. The fraction of sp³-hybridized carbons (Fsp3) is 0.582. The zero-order chi connectivity index (χ0) is 46.4. The molecule has 1 unspecified atom stereocenters. The summed E-state index contributed by atoms with van der Waals surface area (Å²) in [6, 6.07) is 0. The van der Waals surface area contributed by atoms with Crippen molar-refractivity contribution in [3.63, 3.8) is 0 Å². The highest BCUT2D eigenvalue weighted by atomic mass is 16.5. The topological polar surface area (TPSA) is 133 Å². The molecule has 346 valence electrons. The highest BCUT2D eigenvalue weighted by molar-refractivity contribution is 6.38. The minimum absolute atomic E-state index is 0.0421. The molecule has 0 amide bonds. The number of hydrogen-bond acceptors (Lipinski definition) is 9. The van der Waals surface area contributed by atoms with Crippen LogP contribution in [0.5, 0.6) is 0 Å². The number of esters is 1. The molecule has 5 atom stereocenters. The van der Waals surface area contributed by atoms with Gasteiger partial charge in [0.1, 0.15) is 6.61 Å². The van der Waals surface area contributed by atoms with Gasteiger partial charge in [-0.25, -0.2) is 15.0 Å². The number of aliphatic hydroxyl groups is 2. The average molecular weight is 873 g/mol. The molecule has 64 heavy (non-hydrogen) atoms. The van der Waals surface area contributed by atoms with Crippen molar-refractivity contribution in [2.45, 2.75) is 172 Å². The van der Waals surface area contributed by atoms with Crippen molar-refractivity contribution in [3.8, 4) is 0 Å². The molecule has 3 N–H and O–H groups in total. The zero-order valence-corrected chi connectivity index (χ0v) is 40.8. The second kappa shape index (κ2) is 21.6. The smallest absolute Gasteiger partial charge is 0.306 e. The minimum Gasteiger partial charge on any atom is -0.515 e. The number of ether oxygens (including phenoxy) is 1. The van der Waals surface area contributed by atoms with Crippen LogP contribution in [0.1, 0.15) is 166 Å². The summed E-state index contributed by atoms with van der Waals surface area (Å²) in [6.07, 6.45) is 19.8. The van der Waals surface area contributed by atoms with E-state index < -0.39 is 6.10 Å². The standard InChI is InChI=1S/C55H76N4O5/c1-12-39-43(30-60)46-29-47-50(38(11)61)36(9)53(58-47)37(10)52-35(8)41(54(59-52)42-27-48(62)51-40(13-2)45(57-55(42)51)28-44(39)56-46)23-24-49(63)64-26-25-34(7)22-16-21-33(6)20-15-19-32(5)18-14-17-31(3)4/h25,28-33,35,38,41,59-61H,12-24,26-27H2,1-11H3/b34-25+,43-30+,45-28?,47-29?,52-37?,54-42?/t32-,33-,35+,38+,41?/m1/s1. The number of allylic oxidation sites excluding steroid dienone is 12. The van der Waals surface area contributed by atoms with Gasteiger partial charge < -0.3 is 20.3 Å². The molecule has 0 radical (unpaired) electrons. The first-order valence-electron chi connectivity index (χ1n) is 24.5. The van der Waals surface area contributed by atoms with Crippen LogP contribution in [0.15, 0.2) is 118 Å². The first-order valence-corrected chi connectivity index (χ1v) is 24.5. The molecule has 0 spiro atoms. The van der Waals surface area contributed by atoms with Crippen LogP contribution in [-0.4, -0.2) is 51.8 Å². The highest BCUT2D eigenvalue weighted by Gasteiger charge is 2.44. The number of carbonyl (C=O) groups excluding carboxylic acids is 2. The normalized spacial score (nSPS) is 23.1. The average Bonchev–Trinajstić information content (AvgIpc) is 4.03. The first kappa shape index (κ1) is 48.8. The van der Waals surface area contributed by atoms with E-state index in [1.165, 1.54) is 50.5 Å². The van der Waals surface area contributed by atoms with Gasteiger partial charge >= 0.3 is 5.97 Å². The van der Waals surface area contributed by atoms with Gasteiger partial charge in [-0.2, -0.15) is 0 Å². The number of nitrogens with one attached hydrogen (secondary N) is 1. The number of rotatable bonds is 20. The molecule has 6 aliphatic rings. The quantitative estimate of drug-likeness (QED) is 0.0634. The van der Waals surface area contributed by atoms with Crippen LogP contribution in [0.3, 0.4) is 0 Å². The molecular formula is C55H76N4O5. The van der Waals surface area contributed by atoms with Gasteiger partial charge in [0.2, 0.25) is 0 Å². The Morgan fingerprint density at radius 3 is 2.16 bits per heavy atom. The number of nitrogens with zero attached hydrogens (tertiary/aromatic N) is 3. The molecule has 1 saturated heterocycles. The molecule has 2 fully saturated rings. The van der Waals surface area contributed by atoms with Crippen molar-refractivity contribution in [2.24, 2.45) is 44.6 Å². The Morgan fingerprint density at radius 2 is 1.52 bits per heavy atom. The Hall–Kier alpha value is -4.63. The van der Waals surface area contributed by atoms with Gasteiger partial charge in [-0.05, 0) is 118 Å². The van der Waals surface area contributed by atoms with Crippen molar-refractivity contribution < 1.29 is 24.5 Å². The monoisotopic (exact) mass is 873 g/mol. The maximum atomic E-state index is 14.0. The van der Waals surface area contributed by atoms with E-state index in [1.54, 1.807) is 6.92 Å². The Bertz CT molecular complexity index is 2260. The van der Waals surface area contributed by atoms with Crippen molar-refractivity contribution in [3.05, 3.63) is 103 Å². The fourth-order valence-corrected chi connectivity index (χ4v) is 10.7. The fourth-order valence-electron chi connectivity index (χ4n) is 10.7. The number of Topliss-reactive ketones (excluding diaryl/α,β-unsaturated/α-hetero) is 1. The Kier molecular flexibility index (Phi) is 16.5. The molecule has 6 rings (SSSR count). The van der Waals surface area contributed by atoms with E-state index in [2.05, 4.69) is 52.9 Å². The molecule has 1 saturated carbocycles. The maximum Gasteiger partial charge on any atom is 0.306 e. The number of ketones is 1. The van der Waals surface area contributed by atoms with Crippen LogP contribution >= 0.6 is 0 Å². The van der Waals surface area contributed by atoms with Gasteiger partial charge in [0, 0.05) is 58.4 Å². The van der Waals surface area contributed by atoms with Crippen LogP contribution in [0.2, 0.25) is 0 Å². The number of carbonyl (C=O) groups is 2. The van der Waals surface area contributed by atoms with Crippen LogP contribution in [0.4, 0.5) is 0 Å². The lowest BCUT2D eigenvalue weighted by Gasteiger charge is -2.17. The molecule has 1 aliphatic carbocycles. The summed E-state index contributed by atoms with van der Waals surface area (Å²) >= 11 is 0. The second-order valence-electron chi connectivity index (χ2n) is 19.8. The summed E-state index contributed by atoms with van der Waals surface area (Å²) in [5.41, 5.74) is 13.6. The van der Waals surface area contributed by atoms with Crippen LogP contribution in [-0.2, 0) is 14.3 Å². The molecular weight excluding hydrogens is 797 g/mol. The van der Waals surface area contributed by atoms with E-state index in [1.807, 2.05) is 39.8 Å². The van der Waals surface area contributed by atoms with Crippen LogP contribution < -0.4 is 5.32 Å². The number of fused-ring (bicyclic) bond motifs is 5. The predicted octanol–water partition coefficient (Wildman–Crippen LogP) is 12.7. The van der Waals surface area contributed by atoms with Gasteiger partial charge in [-0.1, -0.05) is 99.0 Å². The highest BCUT2D eigenvalue weighted by Crippen LogP contribution is 2.47. The Morgan fingerprint density at radius 1 is 0.859 bits per heavy atom. The minimum atomic E-state index is -0.798. The lowest BCUT2D eigenvalue weighted by Crippen LogP contribution is -2.16. The van der Waals surface area contributed by atoms with Gasteiger partial charge in [0.05, 0.1) is 46.6 Å². The molecule has 0 aromatic carbocycles. The lowest BCUT2D eigenvalue weighted by atomic mass is 9.85. The largest absolute Gasteiger partial charge is 0.515 e. The van der Waals surface area contributed by atoms with Crippen molar-refractivity contribution >= 4 is 28.9 Å². The Labute approximate surface area is 383 Å². The molecule has 0 aromatic heterocycles. The maximum absolute atomic E-state index is 14.0. The summed E-state index contributed by atoms with van der Waals surface area (Å²) in [5.74, 6) is 2.02. The van der Waals surface area contributed by atoms with E-state index in [0.29, 0.717) is 64.5 Å². The summed E-state index contributed by atoms with van der Waals surface area (Å²) < 4.78 is 5.81. The summed E-state index contributed by atoms with van der Waals surface area (Å²) in [6.45, 7) is 23.9. The van der Waals surface area contributed by atoms with Crippen LogP contribution in [0.25, 0.3) is 0 Å². The lowest BCUT2D eigenvalue weighted by molar-refractivity contribution is -0.142. The third-order valence-electron chi connectivity index (χ3n) is 14.5. The predicted molar refractivity (Wildman–Crippen MR) is 262 cm³/mol. The molecule has 9 nitrogen and oxygen atoms in total. The van der Waals surface area contributed by atoms with Gasteiger partial charge in [0.25, 0.3) is 0 Å². The van der Waals surface area contributed by atoms with E-state index in [0.717, 1.165) is 81.8 Å². The molecule has 9 heteroatoms. The van der Waals surface area contributed by atoms with Crippen molar-refractivity contribution in [2.75, 3.05) is 6.61 Å². The summed E-state index contributed by atoms with van der Waals surface area (Å²) in [7, 11) is 0. The SMILES string of the molecule is CCC1=C2C(=O)CC3=C4NC(=C(C)C5=NC(=CC6=NC(=C(CC)/C6=C\O)C=C1N=C32)C([C@H](C)O)=C5C)[C@@H](C)C4CCC(=O)OC/C=C(\C)CCC[C@H](C)CCC[C@H](C)CCCC(C)C. The zero-order valence-electron chi connectivity index (χ0n) is 40.8. The molecule has 5 heterocycles. The van der Waals surface area contributed by atoms with Gasteiger partial charge in [-0.3, -0.25) is 9.59 Å². The van der Waals surface area contributed by atoms with E-state index in [9.17, 15) is 19.8 Å². The van der Waals surface area contributed by atoms with Crippen molar-refractivity contribution in [1.82, 2.24) is 5.32 Å². The van der Waals surface area contributed by atoms with E-state index >= 15 is 0 Å². The third kappa shape index (κ3) is 10.7. The third-order valence-corrected chi connectivity index (χ3v) is 14.5. The van der Waals surface area contributed by atoms with Crippen molar-refractivity contribution in [1.29, 1.82) is 0 Å². The Balaban J connectivity index is 1.19. The summed E-state index contributed by atoms with van der Waals surface area (Å²) in [5, 5.41) is 25.4. The number of hydrogen-bond donors (Lipinski definition) is 3. The molecule has 0 aromatic rings. The van der Waals surface area contributed by atoms with Crippen LogP contribution in [0, 0.1) is 29.6 Å². The first-order chi connectivity index (χ1) is 30.6. The van der Waals surface area contributed by atoms with E-state index in [-0.39, 0.29) is 43.0 Å².